The summed E-state index contributed by atoms with van der Waals surface area (Å²) in [7, 11) is 0. The Labute approximate surface area is 90.9 Å². The lowest BCUT2D eigenvalue weighted by atomic mass is 9.87. The van der Waals surface area contributed by atoms with Crippen molar-refractivity contribution in [2.45, 2.75) is 31.9 Å². The first-order valence-corrected chi connectivity index (χ1v) is 4.98. The highest BCUT2D eigenvalue weighted by molar-refractivity contribution is 7.80. The highest BCUT2D eigenvalue weighted by atomic mass is 32.1. The SMILES string of the molecule is NC(=S)N/N=C1/CCC[C@@H](C(F)(F)F)C1. The third-order valence-corrected chi connectivity index (χ3v) is 2.38. The molecule has 0 aromatic carbocycles. The van der Waals surface area contributed by atoms with Crippen LogP contribution in [0.1, 0.15) is 25.7 Å². The van der Waals surface area contributed by atoms with Gasteiger partial charge in [0.15, 0.2) is 5.11 Å². The van der Waals surface area contributed by atoms with Crippen molar-refractivity contribution in [2.75, 3.05) is 0 Å². The summed E-state index contributed by atoms with van der Waals surface area (Å²) in [4.78, 5) is 0. The van der Waals surface area contributed by atoms with E-state index in [1.54, 1.807) is 0 Å². The molecular weight excluding hydrogens is 227 g/mol. The van der Waals surface area contributed by atoms with E-state index in [4.69, 9.17) is 5.73 Å². The molecule has 0 spiro atoms. The van der Waals surface area contributed by atoms with Gasteiger partial charge in [-0.05, 0) is 37.9 Å². The van der Waals surface area contributed by atoms with Crippen molar-refractivity contribution in [1.29, 1.82) is 0 Å². The molecule has 0 saturated heterocycles. The predicted molar refractivity (Wildman–Crippen MR) is 55.4 cm³/mol. The fourth-order valence-electron chi connectivity index (χ4n) is 1.56. The molecule has 0 amide bonds. The second kappa shape index (κ2) is 4.78. The van der Waals surface area contributed by atoms with E-state index in [-0.39, 0.29) is 18.0 Å². The Bertz CT molecular complexity index is 275. The first-order valence-electron chi connectivity index (χ1n) is 4.57. The molecule has 86 valence electrons. The van der Waals surface area contributed by atoms with E-state index in [1.165, 1.54) is 0 Å². The second-order valence-corrected chi connectivity index (χ2v) is 3.93. The average Bonchev–Trinajstić information content (AvgIpc) is 2.14. The minimum Gasteiger partial charge on any atom is -0.375 e. The Kier molecular flexibility index (Phi) is 3.90. The zero-order valence-corrected chi connectivity index (χ0v) is 8.79. The van der Waals surface area contributed by atoms with E-state index in [0.29, 0.717) is 18.6 Å². The fourth-order valence-corrected chi connectivity index (χ4v) is 1.60. The van der Waals surface area contributed by atoms with Gasteiger partial charge in [-0.25, -0.2) is 0 Å². The summed E-state index contributed by atoms with van der Waals surface area (Å²) < 4.78 is 37.2. The maximum Gasteiger partial charge on any atom is 0.392 e. The molecule has 1 aliphatic rings. The standard InChI is InChI=1S/C8H12F3N3S/c9-8(10,11)5-2-1-3-6(4-5)13-14-7(12)15/h5H,1-4H2,(H3,12,14,15)/b13-6-/t5-/m1/s1. The first-order chi connectivity index (χ1) is 6.89. The Morgan fingerprint density at radius 1 is 1.53 bits per heavy atom. The van der Waals surface area contributed by atoms with Crippen LogP contribution in [-0.4, -0.2) is 17.0 Å². The number of hydrogen-bond donors (Lipinski definition) is 2. The molecule has 1 aliphatic carbocycles. The van der Waals surface area contributed by atoms with Gasteiger partial charge in [-0.2, -0.15) is 18.3 Å². The Balaban J connectivity index is 2.56. The molecule has 0 unspecified atom stereocenters. The topological polar surface area (TPSA) is 50.4 Å². The number of halogens is 3. The van der Waals surface area contributed by atoms with Gasteiger partial charge in [-0.1, -0.05) is 0 Å². The van der Waals surface area contributed by atoms with Gasteiger partial charge in [0.05, 0.1) is 5.92 Å². The summed E-state index contributed by atoms with van der Waals surface area (Å²) in [6, 6.07) is 0. The lowest BCUT2D eigenvalue weighted by molar-refractivity contribution is -0.175. The summed E-state index contributed by atoms with van der Waals surface area (Å²) in [5.41, 5.74) is 7.92. The molecule has 3 N–H and O–H groups in total. The van der Waals surface area contributed by atoms with Gasteiger partial charge < -0.3 is 5.73 Å². The van der Waals surface area contributed by atoms with Gasteiger partial charge in [0.2, 0.25) is 0 Å². The van der Waals surface area contributed by atoms with Crippen LogP contribution in [0.4, 0.5) is 13.2 Å². The number of nitrogens with one attached hydrogen (secondary N) is 1. The maximum atomic E-state index is 12.4. The van der Waals surface area contributed by atoms with Gasteiger partial charge in [0.25, 0.3) is 0 Å². The van der Waals surface area contributed by atoms with E-state index in [2.05, 4.69) is 22.7 Å². The molecular formula is C8H12F3N3S. The van der Waals surface area contributed by atoms with Crippen LogP contribution in [0.3, 0.4) is 0 Å². The lowest BCUT2D eigenvalue weighted by Crippen LogP contribution is -2.31. The highest BCUT2D eigenvalue weighted by Crippen LogP contribution is 2.36. The van der Waals surface area contributed by atoms with Crippen molar-refractivity contribution >= 4 is 23.0 Å². The fraction of sp³-hybridized carbons (Fsp3) is 0.750. The molecule has 7 heteroatoms. The number of nitrogens with zero attached hydrogens (tertiary/aromatic N) is 1. The van der Waals surface area contributed by atoms with Crippen LogP contribution < -0.4 is 11.2 Å². The second-order valence-electron chi connectivity index (χ2n) is 3.49. The molecule has 0 bridgehead atoms. The third kappa shape index (κ3) is 4.03. The van der Waals surface area contributed by atoms with E-state index in [0.717, 1.165) is 0 Å². The predicted octanol–water partition coefficient (Wildman–Crippen LogP) is 1.93. The number of rotatable bonds is 1. The van der Waals surface area contributed by atoms with Crippen molar-refractivity contribution in [3.8, 4) is 0 Å². The minimum absolute atomic E-state index is 0.0309. The monoisotopic (exact) mass is 239 g/mol. The first kappa shape index (κ1) is 12.2. The Morgan fingerprint density at radius 3 is 2.73 bits per heavy atom. The van der Waals surface area contributed by atoms with E-state index >= 15 is 0 Å². The molecule has 0 aromatic heterocycles. The molecule has 0 radical (unpaired) electrons. The van der Waals surface area contributed by atoms with Gasteiger partial charge in [-0.3, -0.25) is 5.43 Å². The molecule has 1 rings (SSSR count). The van der Waals surface area contributed by atoms with Crippen molar-refractivity contribution in [3.05, 3.63) is 0 Å². The quantitative estimate of drug-likeness (QED) is 0.543. The van der Waals surface area contributed by atoms with Crippen LogP contribution in [-0.2, 0) is 0 Å². The van der Waals surface area contributed by atoms with Gasteiger partial charge in [0, 0.05) is 5.71 Å². The molecule has 0 aliphatic heterocycles. The number of thiocarbonyl (C=S) groups is 1. The van der Waals surface area contributed by atoms with Crippen molar-refractivity contribution in [3.63, 3.8) is 0 Å². The van der Waals surface area contributed by atoms with E-state index in [1.807, 2.05) is 0 Å². The number of hydrogen-bond acceptors (Lipinski definition) is 2. The van der Waals surface area contributed by atoms with Crippen LogP contribution in [0.5, 0.6) is 0 Å². The molecule has 0 heterocycles. The smallest absolute Gasteiger partial charge is 0.375 e. The summed E-state index contributed by atoms with van der Waals surface area (Å²) in [6.07, 6.45) is -2.94. The zero-order valence-electron chi connectivity index (χ0n) is 7.97. The number of hydrazone groups is 1. The van der Waals surface area contributed by atoms with Crippen LogP contribution in [0.15, 0.2) is 5.10 Å². The molecule has 1 atom stereocenters. The van der Waals surface area contributed by atoms with Gasteiger partial charge in [0.1, 0.15) is 0 Å². The number of nitrogens with two attached hydrogens (primary N) is 1. The van der Waals surface area contributed by atoms with E-state index < -0.39 is 12.1 Å². The Morgan fingerprint density at radius 2 is 2.20 bits per heavy atom. The van der Waals surface area contributed by atoms with Crippen LogP contribution in [0.2, 0.25) is 0 Å². The molecule has 15 heavy (non-hydrogen) atoms. The summed E-state index contributed by atoms with van der Waals surface area (Å²) in [5.74, 6) is -1.28. The highest BCUT2D eigenvalue weighted by Gasteiger charge is 2.41. The van der Waals surface area contributed by atoms with Crippen LogP contribution >= 0.6 is 12.2 Å². The molecule has 3 nitrogen and oxygen atoms in total. The minimum atomic E-state index is -4.13. The summed E-state index contributed by atoms with van der Waals surface area (Å²) in [6.45, 7) is 0. The van der Waals surface area contributed by atoms with Crippen LogP contribution in [0, 0.1) is 5.92 Å². The van der Waals surface area contributed by atoms with E-state index in [9.17, 15) is 13.2 Å². The zero-order chi connectivity index (χ0) is 11.5. The molecule has 1 fully saturated rings. The van der Waals surface area contributed by atoms with Crippen molar-refractivity contribution < 1.29 is 13.2 Å². The van der Waals surface area contributed by atoms with Crippen LogP contribution in [0.25, 0.3) is 0 Å². The summed E-state index contributed by atoms with van der Waals surface area (Å²) >= 11 is 4.50. The van der Waals surface area contributed by atoms with Gasteiger partial charge in [-0.15, -0.1) is 0 Å². The largest absolute Gasteiger partial charge is 0.392 e. The lowest BCUT2D eigenvalue weighted by Gasteiger charge is -2.25. The maximum absolute atomic E-state index is 12.4. The van der Waals surface area contributed by atoms with Gasteiger partial charge >= 0.3 is 6.18 Å². The van der Waals surface area contributed by atoms with Crippen molar-refractivity contribution in [2.24, 2.45) is 16.8 Å². The third-order valence-electron chi connectivity index (χ3n) is 2.29. The normalized spacial score (nSPS) is 25.3. The van der Waals surface area contributed by atoms with Crippen molar-refractivity contribution in [1.82, 2.24) is 5.43 Å². The summed E-state index contributed by atoms with van der Waals surface area (Å²) in [5, 5.41) is 3.72. The Hall–Kier alpha value is -0.850. The molecule has 0 aromatic rings. The molecule has 1 saturated carbocycles. The average molecular weight is 239 g/mol. The number of alkyl halides is 3.